The van der Waals surface area contributed by atoms with Gasteiger partial charge in [0.25, 0.3) is 5.69 Å². The molecule has 9 nitrogen and oxygen atoms in total. The Morgan fingerprint density at radius 3 is 2.63 bits per heavy atom. The van der Waals surface area contributed by atoms with E-state index in [0.717, 1.165) is 15.8 Å². The van der Waals surface area contributed by atoms with Gasteiger partial charge in [0.1, 0.15) is 5.58 Å². The van der Waals surface area contributed by atoms with Crippen LogP contribution in [0.3, 0.4) is 0 Å². The van der Waals surface area contributed by atoms with E-state index in [0.29, 0.717) is 16.8 Å². The minimum atomic E-state index is -0.632. The average molecular weight is 487 g/mol. The Hall–Kier alpha value is -3.57. The molecule has 2 amide bonds. The number of thiazole rings is 1. The van der Waals surface area contributed by atoms with Gasteiger partial charge < -0.3 is 9.73 Å². The fourth-order valence-corrected chi connectivity index (χ4v) is 3.62. The highest BCUT2D eigenvalue weighted by Gasteiger charge is 2.15. The van der Waals surface area contributed by atoms with Crippen LogP contribution in [0.4, 0.5) is 21.3 Å². The maximum Gasteiger partial charge on any atom is 0.345 e. The van der Waals surface area contributed by atoms with Crippen molar-refractivity contribution in [2.75, 3.05) is 10.6 Å². The molecule has 4 rings (SSSR count). The number of nitro benzene ring substituents is 1. The van der Waals surface area contributed by atoms with Crippen molar-refractivity contribution in [3.8, 4) is 11.3 Å². The molecule has 2 heterocycles. The highest BCUT2D eigenvalue weighted by Crippen LogP contribution is 2.27. The summed E-state index contributed by atoms with van der Waals surface area (Å²) in [6, 6.07) is 12.0. The summed E-state index contributed by atoms with van der Waals surface area (Å²) < 4.78 is 6.13. The number of aromatic nitrogens is 1. The number of hydrogen-bond acceptors (Lipinski definition) is 7. The molecule has 0 bridgehead atoms. The van der Waals surface area contributed by atoms with Gasteiger partial charge in [-0.05, 0) is 36.4 Å². The van der Waals surface area contributed by atoms with Crippen molar-refractivity contribution in [2.24, 2.45) is 0 Å². The molecule has 0 spiro atoms. The van der Waals surface area contributed by atoms with Crippen molar-refractivity contribution in [1.29, 1.82) is 0 Å². The Morgan fingerprint density at radius 1 is 1.13 bits per heavy atom. The molecular weight excluding hydrogens is 476 g/mol. The topological polar surface area (TPSA) is 127 Å². The highest BCUT2D eigenvalue weighted by atomic mass is 79.9. The van der Waals surface area contributed by atoms with Crippen molar-refractivity contribution >= 4 is 60.8 Å². The quantitative estimate of drug-likeness (QED) is 0.231. The first kappa shape index (κ1) is 19.7. The molecule has 0 unspecified atom stereocenters. The molecule has 0 aliphatic heterocycles. The van der Waals surface area contributed by atoms with Crippen LogP contribution in [-0.4, -0.2) is 15.9 Å². The third kappa shape index (κ3) is 4.21. The van der Waals surface area contributed by atoms with E-state index in [1.165, 1.54) is 24.3 Å². The second-order valence-corrected chi connectivity index (χ2v) is 7.82. The Labute approximate surface area is 180 Å². The van der Waals surface area contributed by atoms with Gasteiger partial charge in [-0.3, -0.25) is 15.4 Å². The summed E-state index contributed by atoms with van der Waals surface area (Å²) in [4.78, 5) is 39.1. The number of nitrogens with zero attached hydrogens (tertiary/aromatic N) is 2. The van der Waals surface area contributed by atoms with Crippen LogP contribution in [-0.2, 0) is 0 Å². The zero-order valence-corrected chi connectivity index (χ0v) is 17.3. The summed E-state index contributed by atoms with van der Waals surface area (Å²) in [5, 5.41) is 18.5. The van der Waals surface area contributed by atoms with Crippen LogP contribution in [0.1, 0.15) is 0 Å². The predicted molar refractivity (Wildman–Crippen MR) is 117 cm³/mol. The van der Waals surface area contributed by atoms with E-state index in [1.807, 2.05) is 0 Å². The van der Waals surface area contributed by atoms with Crippen LogP contribution in [0.25, 0.3) is 22.2 Å². The fourth-order valence-electron chi connectivity index (χ4n) is 2.65. The summed E-state index contributed by atoms with van der Waals surface area (Å²) in [6.07, 6.45) is 0. The first-order valence-electron chi connectivity index (χ1n) is 8.41. The van der Waals surface area contributed by atoms with Crippen molar-refractivity contribution < 1.29 is 14.1 Å². The second kappa shape index (κ2) is 8.05. The lowest BCUT2D eigenvalue weighted by atomic mass is 10.1. The van der Waals surface area contributed by atoms with Gasteiger partial charge in [-0.2, -0.15) is 0 Å². The molecule has 0 saturated carbocycles. The van der Waals surface area contributed by atoms with Crippen LogP contribution in [0.2, 0.25) is 0 Å². The molecule has 0 aliphatic rings. The first-order chi connectivity index (χ1) is 14.4. The van der Waals surface area contributed by atoms with Crippen molar-refractivity contribution in [3.05, 3.63) is 78.9 Å². The van der Waals surface area contributed by atoms with E-state index in [-0.39, 0.29) is 22.0 Å². The van der Waals surface area contributed by atoms with Gasteiger partial charge in [0.15, 0.2) is 5.13 Å². The Kier molecular flexibility index (Phi) is 5.29. The molecular formula is C19H11BrN4O5S. The maximum absolute atomic E-state index is 12.3. The normalized spacial score (nSPS) is 10.7. The van der Waals surface area contributed by atoms with Crippen LogP contribution in [0.15, 0.2) is 67.6 Å². The Bertz CT molecular complexity index is 1330. The summed E-state index contributed by atoms with van der Waals surface area (Å²) in [6.45, 7) is 0. The molecule has 0 saturated heterocycles. The number of hydrogen-bond donors (Lipinski definition) is 2. The number of anilines is 2. The SMILES string of the molecule is O=C(Nc1ccc(Br)cc1)Nc1nc(-c2cc3cc([N+](=O)[O-])ccc3oc2=O)cs1. The van der Waals surface area contributed by atoms with Crippen LogP contribution in [0, 0.1) is 10.1 Å². The molecule has 11 heteroatoms. The van der Waals surface area contributed by atoms with Gasteiger partial charge in [0.2, 0.25) is 0 Å². The number of non-ortho nitro benzene ring substituents is 1. The summed E-state index contributed by atoms with van der Waals surface area (Å²) in [7, 11) is 0. The van der Waals surface area contributed by atoms with Gasteiger partial charge >= 0.3 is 11.7 Å². The largest absolute Gasteiger partial charge is 0.422 e. The zero-order chi connectivity index (χ0) is 21.3. The van der Waals surface area contributed by atoms with Crippen LogP contribution in [0.5, 0.6) is 0 Å². The number of halogens is 1. The molecule has 2 N–H and O–H groups in total. The Morgan fingerprint density at radius 2 is 1.90 bits per heavy atom. The smallest absolute Gasteiger partial charge is 0.345 e. The van der Waals surface area contributed by atoms with Crippen molar-refractivity contribution in [1.82, 2.24) is 4.98 Å². The summed E-state index contributed by atoms with van der Waals surface area (Å²) in [5.74, 6) is 0. The van der Waals surface area contributed by atoms with Gasteiger partial charge in [0, 0.05) is 33.1 Å². The summed E-state index contributed by atoms with van der Waals surface area (Å²) >= 11 is 4.45. The first-order valence-corrected chi connectivity index (χ1v) is 10.1. The number of benzene rings is 2. The number of carbonyl (C=O) groups is 1. The number of nitrogens with one attached hydrogen (secondary N) is 2. The third-order valence-corrected chi connectivity index (χ3v) is 5.32. The van der Waals surface area contributed by atoms with E-state index < -0.39 is 16.6 Å². The van der Waals surface area contributed by atoms with E-state index in [1.54, 1.807) is 29.6 Å². The maximum atomic E-state index is 12.3. The average Bonchev–Trinajstić information content (AvgIpc) is 3.16. The number of nitro groups is 1. The standard InChI is InChI=1S/C19H11BrN4O5S/c20-11-1-3-12(4-2-11)21-18(26)23-19-22-15(9-30-19)14-8-10-7-13(24(27)28)5-6-16(10)29-17(14)25/h1-9H,(H2,21,22,23,26). The molecule has 4 aromatic rings. The number of carbonyl (C=O) groups excluding carboxylic acids is 1. The van der Waals surface area contributed by atoms with Gasteiger partial charge in [-0.15, -0.1) is 11.3 Å². The van der Waals surface area contributed by atoms with Crippen LogP contribution < -0.4 is 16.3 Å². The van der Waals surface area contributed by atoms with Gasteiger partial charge in [0.05, 0.1) is 16.2 Å². The van der Waals surface area contributed by atoms with Crippen molar-refractivity contribution in [3.63, 3.8) is 0 Å². The minimum absolute atomic E-state index is 0.118. The van der Waals surface area contributed by atoms with Crippen LogP contribution >= 0.6 is 27.3 Å². The monoisotopic (exact) mass is 486 g/mol. The van der Waals surface area contributed by atoms with E-state index in [9.17, 15) is 19.7 Å². The fraction of sp³-hybridized carbons (Fsp3) is 0. The number of rotatable bonds is 4. The second-order valence-electron chi connectivity index (χ2n) is 6.05. The molecule has 30 heavy (non-hydrogen) atoms. The highest BCUT2D eigenvalue weighted by molar-refractivity contribution is 9.10. The molecule has 2 aromatic heterocycles. The van der Waals surface area contributed by atoms with E-state index in [2.05, 4.69) is 31.5 Å². The molecule has 2 aromatic carbocycles. The lowest BCUT2D eigenvalue weighted by Gasteiger charge is -2.05. The minimum Gasteiger partial charge on any atom is -0.422 e. The van der Waals surface area contributed by atoms with E-state index in [4.69, 9.17) is 4.42 Å². The van der Waals surface area contributed by atoms with Gasteiger partial charge in [-0.25, -0.2) is 14.6 Å². The Balaban J connectivity index is 1.57. The molecule has 0 fully saturated rings. The number of urea groups is 1. The summed E-state index contributed by atoms with van der Waals surface area (Å²) in [5.41, 5.74) is 0.517. The third-order valence-electron chi connectivity index (χ3n) is 4.03. The zero-order valence-electron chi connectivity index (χ0n) is 14.9. The van der Waals surface area contributed by atoms with E-state index >= 15 is 0 Å². The van der Waals surface area contributed by atoms with Crippen molar-refractivity contribution in [2.45, 2.75) is 0 Å². The van der Waals surface area contributed by atoms with Gasteiger partial charge in [-0.1, -0.05) is 15.9 Å². The molecule has 0 aliphatic carbocycles. The molecule has 0 atom stereocenters. The molecule has 150 valence electrons. The number of fused-ring (bicyclic) bond motifs is 1. The molecule has 0 radical (unpaired) electrons. The number of amides is 2. The lowest BCUT2D eigenvalue weighted by molar-refractivity contribution is -0.384. The predicted octanol–water partition coefficient (Wildman–Crippen LogP) is 5.23. The lowest BCUT2D eigenvalue weighted by Crippen LogP contribution is -2.19.